The summed E-state index contributed by atoms with van der Waals surface area (Å²) in [5, 5.41) is 9.01. The summed E-state index contributed by atoms with van der Waals surface area (Å²) in [6.07, 6.45) is 0. The molecular formula is C14H11BrN2O3. The highest BCUT2D eigenvalue weighted by atomic mass is 79.9. The van der Waals surface area contributed by atoms with Crippen LogP contribution in [0.15, 0.2) is 53.0 Å². The van der Waals surface area contributed by atoms with Crippen LogP contribution in [-0.2, 0) is 0 Å². The van der Waals surface area contributed by atoms with Crippen LogP contribution in [0, 0.1) is 0 Å². The zero-order valence-electron chi connectivity index (χ0n) is 10.3. The van der Waals surface area contributed by atoms with Gasteiger partial charge < -0.3 is 10.8 Å². The van der Waals surface area contributed by atoms with Crippen molar-refractivity contribution < 1.29 is 14.7 Å². The van der Waals surface area contributed by atoms with E-state index in [0.717, 1.165) is 0 Å². The molecule has 0 saturated carbocycles. The number of anilines is 2. The van der Waals surface area contributed by atoms with Crippen molar-refractivity contribution in [3.05, 3.63) is 58.6 Å². The molecular weight excluding hydrogens is 324 g/mol. The third-order valence-electron chi connectivity index (χ3n) is 2.67. The fourth-order valence-electron chi connectivity index (χ4n) is 1.80. The summed E-state index contributed by atoms with van der Waals surface area (Å²) in [7, 11) is 0. The van der Waals surface area contributed by atoms with Gasteiger partial charge in [0.15, 0.2) is 0 Å². The summed E-state index contributed by atoms with van der Waals surface area (Å²) in [6.45, 7) is 0. The van der Waals surface area contributed by atoms with E-state index in [-0.39, 0.29) is 5.56 Å². The van der Waals surface area contributed by atoms with E-state index in [1.165, 1.54) is 17.0 Å². The number of carbonyl (C=O) groups excluding carboxylic acids is 1. The van der Waals surface area contributed by atoms with Gasteiger partial charge in [0.2, 0.25) is 0 Å². The fraction of sp³-hybridized carbons (Fsp3) is 0. The van der Waals surface area contributed by atoms with Gasteiger partial charge in [0, 0.05) is 4.47 Å². The zero-order valence-corrected chi connectivity index (χ0v) is 11.9. The van der Waals surface area contributed by atoms with Crippen LogP contribution in [0.2, 0.25) is 0 Å². The first kappa shape index (κ1) is 14.1. The highest BCUT2D eigenvalue weighted by Gasteiger charge is 2.18. The number of nitrogens with zero attached hydrogens (tertiary/aromatic N) is 1. The third kappa shape index (κ3) is 2.80. The number of para-hydroxylation sites is 1. The number of amides is 2. The number of hydrogen-bond donors (Lipinski definition) is 2. The van der Waals surface area contributed by atoms with Crippen LogP contribution in [0.4, 0.5) is 16.2 Å². The molecule has 2 aromatic rings. The maximum atomic E-state index is 11.7. The summed E-state index contributed by atoms with van der Waals surface area (Å²) in [5.41, 5.74) is 6.44. The van der Waals surface area contributed by atoms with Crippen molar-refractivity contribution in [2.45, 2.75) is 0 Å². The first-order valence-electron chi connectivity index (χ1n) is 5.68. The number of halogens is 1. The van der Waals surface area contributed by atoms with Crippen LogP contribution in [0.25, 0.3) is 0 Å². The van der Waals surface area contributed by atoms with Crippen molar-refractivity contribution in [1.29, 1.82) is 0 Å². The van der Waals surface area contributed by atoms with Crippen molar-refractivity contribution in [3.8, 4) is 0 Å². The maximum Gasteiger partial charge on any atom is 0.335 e. The Labute approximate surface area is 123 Å². The Balaban J connectivity index is 2.55. The van der Waals surface area contributed by atoms with Gasteiger partial charge in [0.1, 0.15) is 0 Å². The van der Waals surface area contributed by atoms with Crippen LogP contribution >= 0.6 is 15.9 Å². The molecule has 0 spiro atoms. The van der Waals surface area contributed by atoms with Gasteiger partial charge in [-0.3, -0.25) is 4.90 Å². The van der Waals surface area contributed by atoms with Gasteiger partial charge >= 0.3 is 12.0 Å². The fourth-order valence-corrected chi connectivity index (χ4v) is 2.26. The molecule has 0 fully saturated rings. The molecule has 0 radical (unpaired) electrons. The van der Waals surface area contributed by atoms with Crippen LogP contribution in [0.5, 0.6) is 0 Å². The summed E-state index contributed by atoms with van der Waals surface area (Å²) in [4.78, 5) is 24.0. The van der Waals surface area contributed by atoms with Crippen LogP contribution in [0.1, 0.15) is 10.4 Å². The van der Waals surface area contributed by atoms with E-state index in [1.807, 2.05) is 0 Å². The Bertz CT molecular complexity index is 673. The predicted molar refractivity (Wildman–Crippen MR) is 79.3 cm³/mol. The number of urea groups is 1. The molecule has 0 aliphatic heterocycles. The Morgan fingerprint density at radius 1 is 1.10 bits per heavy atom. The maximum absolute atomic E-state index is 11.7. The number of primary amides is 1. The highest BCUT2D eigenvalue weighted by molar-refractivity contribution is 9.10. The SMILES string of the molecule is NC(=O)N(c1cccc(C(=O)O)c1)c1ccccc1Br. The Morgan fingerprint density at radius 2 is 1.80 bits per heavy atom. The number of nitrogens with two attached hydrogens (primary N) is 1. The lowest BCUT2D eigenvalue weighted by atomic mass is 10.1. The van der Waals surface area contributed by atoms with Gasteiger partial charge in [-0.1, -0.05) is 18.2 Å². The normalized spacial score (nSPS) is 10.1. The lowest BCUT2D eigenvalue weighted by Gasteiger charge is -2.22. The molecule has 3 N–H and O–H groups in total. The van der Waals surface area contributed by atoms with E-state index >= 15 is 0 Å². The van der Waals surface area contributed by atoms with Gasteiger partial charge in [-0.25, -0.2) is 9.59 Å². The number of aromatic carboxylic acids is 1. The number of carboxylic acid groups (broad SMARTS) is 1. The monoisotopic (exact) mass is 334 g/mol. The third-order valence-corrected chi connectivity index (χ3v) is 3.34. The minimum atomic E-state index is -1.07. The highest BCUT2D eigenvalue weighted by Crippen LogP contribution is 2.32. The number of rotatable bonds is 3. The van der Waals surface area contributed by atoms with Crippen LogP contribution < -0.4 is 10.6 Å². The standard InChI is InChI=1S/C14H11BrN2O3/c15-11-6-1-2-7-12(11)17(14(16)20)10-5-3-4-9(8-10)13(18)19/h1-8H,(H2,16,20)(H,18,19). The average molecular weight is 335 g/mol. The lowest BCUT2D eigenvalue weighted by molar-refractivity contribution is 0.0697. The topological polar surface area (TPSA) is 83.6 Å². The van der Waals surface area contributed by atoms with E-state index in [2.05, 4.69) is 15.9 Å². The molecule has 0 atom stereocenters. The minimum absolute atomic E-state index is 0.0841. The second kappa shape index (κ2) is 5.75. The van der Waals surface area contributed by atoms with E-state index < -0.39 is 12.0 Å². The second-order valence-corrected chi connectivity index (χ2v) is 4.83. The molecule has 0 bridgehead atoms. The van der Waals surface area contributed by atoms with Crippen LogP contribution in [0.3, 0.4) is 0 Å². The molecule has 20 heavy (non-hydrogen) atoms. The average Bonchev–Trinajstić information content (AvgIpc) is 2.41. The zero-order chi connectivity index (χ0) is 14.7. The van der Waals surface area contributed by atoms with E-state index in [9.17, 15) is 9.59 Å². The van der Waals surface area contributed by atoms with Gasteiger partial charge in [-0.15, -0.1) is 0 Å². The molecule has 0 aliphatic rings. The Hall–Kier alpha value is -2.34. The molecule has 102 valence electrons. The van der Waals surface area contributed by atoms with E-state index in [4.69, 9.17) is 10.8 Å². The lowest BCUT2D eigenvalue weighted by Crippen LogP contribution is -2.31. The molecule has 0 unspecified atom stereocenters. The van der Waals surface area contributed by atoms with Crippen molar-refractivity contribution in [2.75, 3.05) is 4.90 Å². The molecule has 0 heterocycles. The minimum Gasteiger partial charge on any atom is -0.478 e. The molecule has 6 heteroatoms. The molecule has 2 aromatic carbocycles. The van der Waals surface area contributed by atoms with Gasteiger partial charge in [-0.05, 0) is 46.3 Å². The molecule has 2 rings (SSSR count). The first-order valence-corrected chi connectivity index (χ1v) is 6.47. The summed E-state index contributed by atoms with van der Waals surface area (Å²) in [5.74, 6) is -1.07. The summed E-state index contributed by atoms with van der Waals surface area (Å²) < 4.78 is 0.680. The Kier molecular flexibility index (Phi) is 4.05. The number of carbonyl (C=O) groups is 2. The van der Waals surface area contributed by atoms with Crippen LogP contribution in [-0.4, -0.2) is 17.1 Å². The quantitative estimate of drug-likeness (QED) is 0.902. The smallest absolute Gasteiger partial charge is 0.335 e. The van der Waals surface area contributed by atoms with Crippen molar-refractivity contribution in [1.82, 2.24) is 0 Å². The molecule has 2 amide bonds. The first-order chi connectivity index (χ1) is 9.50. The summed E-state index contributed by atoms with van der Waals surface area (Å²) in [6, 6.07) is 12.4. The van der Waals surface area contributed by atoms with Gasteiger partial charge in [-0.2, -0.15) is 0 Å². The number of benzene rings is 2. The van der Waals surface area contributed by atoms with Crippen molar-refractivity contribution >= 4 is 39.3 Å². The van der Waals surface area contributed by atoms with Gasteiger partial charge in [0.05, 0.1) is 16.9 Å². The summed E-state index contributed by atoms with van der Waals surface area (Å²) >= 11 is 3.34. The Morgan fingerprint density at radius 3 is 2.40 bits per heavy atom. The van der Waals surface area contributed by atoms with Crippen molar-refractivity contribution in [3.63, 3.8) is 0 Å². The second-order valence-electron chi connectivity index (χ2n) is 3.98. The molecule has 0 aliphatic carbocycles. The molecule has 0 saturated heterocycles. The predicted octanol–water partition coefficient (Wildman–Crippen LogP) is 3.36. The number of hydrogen-bond acceptors (Lipinski definition) is 2. The van der Waals surface area contributed by atoms with E-state index in [0.29, 0.717) is 15.8 Å². The van der Waals surface area contributed by atoms with E-state index in [1.54, 1.807) is 36.4 Å². The number of carboxylic acids is 1. The molecule has 5 nitrogen and oxygen atoms in total. The van der Waals surface area contributed by atoms with Gasteiger partial charge in [0.25, 0.3) is 0 Å². The largest absolute Gasteiger partial charge is 0.478 e. The van der Waals surface area contributed by atoms with Crippen molar-refractivity contribution in [2.24, 2.45) is 5.73 Å². The molecule has 0 aromatic heterocycles.